The molecule has 1 amide bonds. The molecule has 1 N–H and O–H groups in total. The molecular formula is C16H19NO3. The molecule has 1 aliphatic heterocycles. The van der Waals surface area contributed by atoms with Crippen LogP contribution < -0.4 is 0 Å². The Balaban J connectivity index is 1.99. The van der Waals surface area contributed by atoms with Crippen molar-refractivity contribution in [2.75, 3.05) is 13.1 Å². The number of carboxylic acid groups (broad SMARTS) is 1. The van der Waals surface area contributed by atoms with Gasteiger partial charge in [-0.15, -0.1) is 0 Å². The SMILES string of the molecule is Cc1ccc(C=CC(=O)N2CCC(C)(C(=O)O)C2)cc1. The van der Waals surface area contributed by atoms with E-state index in [-0.39, 0.29) is 12.5 Å². The number of hydrogen-bond acceptors (Lipinski definition) is 2. The molecule has 20 heavy (non-hydrogen) atoms. The Hall–Kier alpha value is -2.10. The lowest BCUT2D eigenvalue weighted by Gasteiger charge is -2.18. The standard InChI is InChI=1S/C16H19NO3/c1-12-3-5-13(6-4-12)7-8-14(18)17-10-9-16(2,11-17)15(19)20/h3-8H,9-11H2,1-2H3,(H,19,20). The quantitative estimate of drug-likeness (QED) is 0.860. The highest BCUT2D eigenvalue weighted by atomic mass is 16.4. The molecule has 0 radical (unpaired) electrons. The molecule has 4 nitrogen and oxygen atoms in total. The number of carboxylic acids is 1. The molecule has 1 unspecified atom stereocenters. The second-order valence-electron chi connectivity index (χ2n) is 5.62. The predicted molar refractivity (Wildman–Crippen MR) is 77.2 cm³/mol. The zero-order chi connectivity index (χ0) is 14.8. The summed E-state index contributed by atoms with van der Waals surface area (Å²) in [4.78, 5) is 24.8. The van der Waals surface area contributed by atoms with E-state index in [1.54, 1.807) is 17.9 Å². The number of aryl methyl sites for hydroxylation is 1. The minimum Gasteiger partial charge on any atom is -0.481 e. The Morgan fingerprint density at radius 2 is 1.95 bits per heavy atom. The molecule has 1 fully saturated rings. The third-order valence-corrected chi connectivity index (χ3v) is 3.80. The van der Waals surface area contributed by atoms with Crippen LogP contribution in [0.2, 0.25) is 0 Å². The van der Waals surface area contributed by atoms with Crippen molar-refractivity contribution < 1.29 is 14.7 Å². The summed E-state index contributed by atoms with van der Waals surface area (Å²) in [5.41, 5.74) is 1.32. The van der Waals surface area contributed by atoms with Gasteiger partial charge in [0.25, 0.3) is 0 Å². The first-order valence-corrected chi connectivity index (χ1v) is 6.68. The van der Waals surface area contributed by atoms with E-state index in [0.29, 0.717) is 13.0 Å². The Labute approximate surface area is 118 Å². The van der Waals surface area contributed by atoms with Crippen LogP contribution >= 0.6 is 0 Å². The Morgan fingerprint density at radius 1 is 1.30 bits per heavy atom. The van der Waals surface area contributed by atoms with Crippen molar-refractivity contribution in [1.29, 1.82) is 0 Å². The fourth-order valence-electron chi connectivity index (χ4n) is 2.27. The summed E-state index contributed by atoms with van der Waals surface area (Å²) in [5.74, 6) is -0.967. The van der Waals surface area contributed by atoms with Crippen LogP contribution in [0.5, 0.6) is 0 Å². The van der Waals surface area contributed by atoms with Gasteiger partial charge >= 0.3 is 5.97 Å². The van der Waals surface area contributed by atoms with E-state index < -0.39 is 11.4 Å². The van der Waals surface area contributed by atoms with Gasteiger partial charge in [0, 0.05) is 19.2 Å². The average molecular weight is 273 g/mol. The topological polar surface area (TPSA) is 57.6 Å². The number of benzene rings is 1. The first-order chi connectivity index (χ1) is 9.40. The van der Waals surface area contributed by atoms with E-state index in [1.165, 1.54) is 11.6 Å². The molecule has 2 rings (SSSR count). The Kier molecular flexibility index (Phi) is 3.93. The molecular weight excluding hydrogens is 254 g/mol. The van der Waals surface area contributed by atoms with Gasteiger partial charge < -0.3 is 10.0 Å². The molecule has 1 aromatic carbocycles. The minimum absolute atomic E-state index is 0.129. The molecule has 0 aromatic heterocycles. The minimum atomic E-state index is -0.838. The molecule has 0 saturated carbocycles. The van der Waals surface area contributed by atoms with Crippen molar-refractivity contribution >= 4 is 18.0 Å². The smallest absolute Gasteiger partial charge is 0.311 e. The van der Waals surface area contributed by atoms with Crippen LogP contribution in [0, 0.1) is 12.3 Å². The maximum atomic E-state index is 12.0. The zero-order valence-corrected chi connectivity index (χ0v) is 11.8. The summed E-state index contributed by atoms with van der Waals surface area (Å²) in [6.07, 6.45) is 3.78. The Morgan fingerprint density at radius 3 is 2.50 bits per heavy atom. The van der Waals surface area contributed by atoms with Gasteiger partial charge in [0.2, 0.25) is 5.91 Å². The summed E-state index contributed by atoms with van der Waals surface area (Å²) in [7, 11) is 0. The zero-order valence-electron chi connectivity index (χ0n) is 11.8. The predicted octanol–water partition coefficient (Wildman–Crippen LogP) is 2.33. The Bertz CT molecular complexity index is 547. The molecule has 1 aliphatic rings. The van der Waals surface area contributed by atoms with Gasteiger partial charge in [-0.1, -0.05) is 29.8 Å². The summed E-state index contributed by atoms with van der Waals surface area (Å²) in [5, 5.41) is 9.15. The second kappa shape index (κ2) is 5.49. The largest absolute Gasteiger partial charge is 0.481 e. The third kappa shape index (κ3) is 3.07. The van der Waals surface area contributed by atoms with E-state index in [0.717, 1.165) is 5.56 Å². The lowest BCUT2D eigenvalue weighted by molar-refractivity contribution is -0.147. The maximum Gasteiger partial charge on any atom is 0.311 e. The van der Waals surface area contributed by atoms with E-state index in [9.17, 15) is 9.59 Å². The highest BCUT2D eigenvalue weighted by molar-refractivity contribution is 5.92. The third-order valence-electron chi connectivity index (χ3n) is 3.80. The number of hydrogen-bond donors (Lipinski definition) is 1. The number of carbonyl (C=O) groups is 2. The van der Waals surface area contributed by atoms with E-state index in [1.807, 2.05) is 31.2 Å². The lowest BCUT2D eigenvalue weighted by atomic mass is 9.90. The van der Waals surface area contributed by atoms with E-state index >= 15 is 0 Å². The van der Waals surface area contributed by atoms with Crippen LogP contribution in [0.4, 0.5) is 0 Å². The van der Waals surface area contributed by atoms with Crippen LogP contribution in [-0.2, 0) is 9.59 Å². The summed E-state index contributed by atoms with van der Waals surface area (Å²) >= 11 is 0. The molecule has 106 valence electrons. The molecule has 1 saturated heterocycles. The van der Waals surface area contributed by atoms with Crippen molar-refractivity contribution in [3.63, 3.8) is 0 Å². The normalized spacial score (nSPS) is 22.4. The number of rotatable bonds is 3. The summed E-state index contributed by atoms with van der Waals surface area (Å²) < 4.78 is 0. The highest BCUT2D eigenvalue weighted by Gasteiger charge is 2.41. The van der Waals surface area contributed by atoms with Crippen molar-refractivity contribution in [3.05, 3.63) is 41.5 Å². The van der Waals surface area contributed by atoms with Gasteiger partial charge in [-0.25, -0.2) is 0 Å². The van der Waals surface area contributed by atoms with Gasteiger partial charge in [0.15, 0.2) is 0 Å². The maximum absolute atomic E-state index is 12.0. The van der Waals surface area contributed by atoms with Crippen molar-refractivity contribution in [2.45, 2.75) is 20.3 Å². The monoisotopic (exact) mass is 273 g/mol. The van der Waals surface area contributed by atoms with Gasteiger partial charge in [0.1, 0.15) is 0 Å². The van der Waals surface area contributed by atoms with Crippen LogP contribution in [0.25, 0.3) is 6.08 Å². The van der Waals surface area contributed by atoms with Crippen molar-refractivity contribution in [1.82, 2.24) is 4.90 Å². The van der Waals surface area contributed by atoms with Gasteiger partial charge in [-0.3, -0.25) is 9.59 Å². The van der Waals surface area contributed by atoms with Gasteiger partial charge in [0.05, 0.1) is 5.41 Å². The fourth-order valence-corrected chi connectivity index (χ4v) is 2.27. The molecule has 1 aromatic rings. The fraction of sp³-hybridized carbons (Fsp3) is 0.375. The molecule has 1 atom stereocenters. The lowest BCUT2D eigenvalue weighted by Crippen LogP contribution is -2.34. The molecule has 0 aliphatic carbocycles. The molecule has 4 heteroatoms. The van der Waals surface area contributed by atoms with Crippen molar-refractivity contribution in [2.24, 2.45) is 5.41 Å². The van der Waals surface area contributed by atoms with Gasteiger partial charge in [-0.05, 0) is 31.9 Å². The first-order valence-electron chi connectivity index (χ1n) is 6.68. The van der Waals surface area contributed by atoms with Gasteiger partial charge in [-0.2, -0.15) is 0 Å². The van der Waals surface area contributed by atoms with Crippen LogP contribution in [0.3, 0.4) is 0 Å². The first kappa shape index (κ1) is 14.3. The molecule has 0 bridgehead atoms. The molecule has 0 spiro atoms. The van der Waals surface area contributed by atoms with Crippen LogP contribution in [0.15, 0.2) is 30.3 Å². The summed E-state index contributed by atoms with van der Waals surface area (Å²) in [6.45, 7) is 4.47. The number of amides is 1. The van der Waals surface area contributed by atoms with Crippen molar-refractivity contribution in [3.8, 4) is 0 Å². The van der Waals surface area contributed by atoms with E-state index in [4.69, 9.17) is 5.11 Å². The second-order valence-corrected chi connectivity index (χ2v) is 5.62. The average Bonchev–Trinajstić information content (AvgIpc) is 2.82. The number of nitrogens with zero attached hydrogens (tertiary/aromatic N) is 1. The summed E-state index contributed by atoms with van der Waals surface area (Å²) in [6, 6.07) is 7.87. The highest BCUT2D eigenvalue weighted by Crippen LogP contribution is 2.30. The number of likely N-dealkylation sites (tertiary alicyclic amines) is 1. The number of carbonyl (C=O) groups excluding carboxylic acids is 1. The van der Waals surface area contributed by atoms with Crippen LogP contribution in [-0.4, -0.2) is 35.0 Å². The molecule has 1 heterocycles. The van der Waals surface area contributed by atoms with E-state index in [2.05, 4.69) is 0 Å². The number of aliphatic carboxylic acids is 1. The van der Waals surface area contributed by atoms with Crippen LogP contribution in [0.1, 0.15) is 24.5 Å².